The Balaban J connectivity index is 2.41. The molecular weight excluding hydrogens is 236 g/mol. The third-order valence-electron chi connectivity index (χ3n) is 2.53. The fourth-order valence-electron chi connectivity index (χ4n) is 1.50. The fourth-order valence-corrected chi connectivity index (χ4v) is 1.50. The van der Waals surface area contributed by atoms with E-state index in [1.807, 2.05) is 6.92 Å². The Morgan fingerprint density at radius 3 is 2.78 bits per heavy atom. The first-order valence-electron chi connectivity index (χ1n) is 5.78. The molecule has 1 aromatic heterocycles. The van der Waals surface area contributed by atoms with Crippen LogP contribution in [0.25, 0.3) is 0 Å². The predicted octanol–water partition coefficient (Wildman–Crippen LogP) is 0.473. The van der Waals surface area contributed by atoms with Gasteiger partial charge in [0.15, 0.2) is 0 Å². The van der Waals surface area contributed by atoms with Crippen LogP contribution >= 0.6 is 0 Å². The number of nitrogens with one attached hydrogen (secondary N) is 2. The Hall–Kier alpha value is -2.05. The SMILES string of the molecule is CCC[C@@H](NC(=O)NCc1ccnn1C)C(=O)O. The van der Waals surface area contributed by atoms with E-state index >= 15 is 0 Å². The summed E-state index contributed by atoms with van der Waals surface area (Å²) in [6, 6.07) is 0.444. The van der Waals surface area contributed by atoms with E-state index in [1.165, 1.54) is 0 Å². The van der Waals surface area contributed by atoms with Crippen LogP contribution in [0.1, 0.15) is 25.5 Å². The summed E-state index contributed by atoms with van der Waals surface area (Å²) in [6.45, 7) is 2.17. The second-order valence-corrected chi connectivity index (χ2v) is 3.95. The highest BCUT2D eigenvalue weighted by Gasteiger charge is 2.18. The molecule has 0 bridgehead atoms. The van der Waals surface area contributed by atoms with Crippen LogP contribution in [-0.4, -0.2) is 32.9 Å². The van der Waals surface area contributed by atoms with Gasteiger partial charge in [-0.15, -0.1) is 0 Å². The standard InChI is InChI=1S/C11H18N4O3/c1-3-4-9(10(16)17)14-11(18)12-7-8-5-6-13-15(8)2/h5-6,9H,3-4,7H2,1-2H3,(H,16,17)(H2,12,14,18)/t9-/m1/s1. The van der Waals surface area contributed by atoms with E-state index in [0.717, 1.165) is 5.69 Å². The third kappa shape index (κ3) is 4.08. The summed E-state index contributed by atoms with van der Waals surface area (Å²) < 4.78 is 1.64. The van der Waals surface area contributed by atoms with Crippen LogP contribution in [-0.2, 0) is 18.4 Å². The molecular formula is C11H18N4O3. The molecule has 7 heteroatoms. The molecule has 1 atom stereocenters. The van der Waals surface area contributed by atoms with Crippen LogP contribution in [0.15, 0.2) is 12.3 Å². The van der Waals surface area contributed by atoms with Crippen molar-refractivity contribution in [2.75, 3.05) is 0 Å². The molecule has 0 fully saturated rings. The molecule has 0 aliphatic heterocycles. The zero-order valence-electron chi connectivity index (χ0n) is 10.5. The molecule has 0 spiro atoms. The van der Waals surface area contributed by atoms with E-state index in [2.05, 4.69) is 15.7 Å². The zero-order valence-corrected chi connectivity index (χ0v) is 10.5. The van der Waals surface area contributed by atoms with Gasteiger partial charge in [0.1, 0.15) is 6.04 Å². The number of carbonyl (C=O) groups excluding carboxylic acids is 1. The fraction of sp³-hybridized carbons (Fsp3) is 0.545. The van der Waals surface area contributed by atoms with Crippen LogP contribution in [0.2, 0.25) is 0 Å². The van der Waals surface area contributed by atoms with E-state index in [4.69, 9.17) is 5.11 Å². The molecule has 0 aliphatic carbocycles. The molecule has 0 aromatic carbocycles. The van der Waals surface area contributed by atoms with Crippen molar-refractivity contribution in [3.05, 3.63) is 18.0 Å². The number of hydrogen-bond acceptors (Lipinski definition) is 3. The van der Waals surface area contributed by atoms with Gasteiger partial charge in [0, 0.05) is 13.2 Å². The first-order chi connectivity index (χ1) is 8.54. The van der Waals surface area contributed by atoms with Crippen LogP contribution in [0.5, 0.6) is 0 Å². The van der Waals surface area contributed by atoms with Gasteiger partial charge in [-0.1, -0.05) is 13.3 Å². The molecule has 0 unspecified atom stereocenters. The van der Waals surface area contributed by atoms with E-state index in [0.29, 0.717) is 19.4 Å². The lowest BCUT2D eigenvalue weighted by Gasteiger charge is -2.14. The summed E-state index contributed by atoms with van der Waals surface area (Å²) >= 11 is 0. The second-order valence-electron chi connectivity index (χ2n) is 3.95. The summed E-state index contributed by atoms with van der Waals surface area (Å²) in [5.74, 6) is -1.02. The van der Waals surface area contributed by atoms with Gasteiger partial charge in [-0.25, -0.2) is 9.59 Å². The summed E-state index contributed by atoms with van der Waals surface area (Å²) in [4.78, 5) is 22.4. The molecule has 0 saturated heterocycles. The van der Waals surface area contributed by atoms with Crippen molar-refractivity contribution < 1.29 is 14.7 Å². The van der Waals surface area contributed by atoms with Crippen LogP contribution in [0.4, 0.5) is 4.79 Å². The molecule has 18 heavy (non-hydrogen) atoms. The number of rotatable bonds is 6. The molecule has 1 rings (SSSR count). The largest absolute Gasteiger partial charge is 0.480 e. The number of nitrogens with zero attached hydrogens (tertiary/aromatic N) is 2. The zero-order chi connectivity index (χ0) is 13.5. The number of carboxylic acid groups (broad SMARTS) is 1. The molecule has 0 saturated carbocycles. The lowest BCUT2D eigenvalue weighted by atomic mass is 10.2. The summed E-state index contributed by atoms with van der Waals surface area (Å²) in [5, 5.41) is 17.9. The quantitative estimate of drug-likeness (QED) is 0.687. The van der Waals surface area contributed by atoms with Gasteiger partial charge < -0.3 is 15.7 Å². The first kappa shape index (κ1) is 14.0. The summed E-state index contributed by atoms with van der Waals surface area (Å²) in [5.41, 5.74) is 0.840. The number of amides is 2. The number of carbonyl (C=O) groups is 2. The van der Waals surface area contributed by atoms with E-state index in [-0.39, 0.29) is 0 Å². The number of aryl methyl sites for hydroxylation is 1. The third-order valence-corrected chi connectivity index (χ3v) is 2.53. The number of aliphatic carboxylic acids is 1. The van der Waals surface area contributed by atoms with Crippen LogP contribution < -0.4 is 10.6 Å². The first-order valence-corrected chi connectivity index (χ1v) is 5.78. The lowest BCUT2D eigenvalue weighted by Crippen LogP contribution is -2.45. The Labute approximate surface area is 105 Å². The van der Waals surface area contributed by atoms with Crippen molar-refractivity contribution in [3.8, 4) is 0 Å². The smallest absolute Gasteiger partial charge is 0.326 e. The predicted molar refractivity (Wildman–Crippen MR) is 64.9 cm³/mol. The highest BCUT2D eigenvalue weighted by Crippen LogP contribution is 1.98. The average molecular weight is 254 g/mol. The maximum absolute atomic E-state index is 11.5. The Morgan fingerprint density at radius 1 is 1.56 bits per heavy atom. The van der Waals surface area contributed by atoms with Crippen LogP contribution in [0.3, 0.4) is 0 Å². The Bertz CT molecular complexity index is 416. The van der Waals surface area contributed by atoms with E-state index < -0.39 is 18.0 Å². The molecule has 100 valence electrons. The number of aromatic nitrogens is 2. The van der Waals surface area contributed by atoms with Crippen molar-refractivity contribution >= 4 is 12.0 Å². The minimum atomic E-state index is -1.02. The lowest BCUT2D eigenvalue weighted by molar-refractivity contribution is -0.139. The minimum Gasteiger partial charge on any atom is -0.480 e. The Kier molecular flexibility index (Phi) is 5.16. The van der Waals surface area contributed by atoms with Gasteiger partial charge in [-0.3, -0.25) is 4.68 Å². The topological polar surface area (TPSA) is 96.3 Å². The summed E-state index contributed by atoms with van der Waals surface area (Å²) in [6.07, 6.45) is 2.74. The molecule has 0 aliphatic rings. The number of carboxylic acids is 1. The average Bonchev–Trinajstić information content (AvgIpc) is 2.71. The summed E-state index contributed by atoms with van der Waals surface area (Å²) in [7, 11) is 1.77. The molecule has 2 amide bonds. The molecule has 7 nitrogen and oxygen atoms in total. The Morgan fingerprint density at radius 2 is 2.28 bits per heavy atom. The van der Waals surface area contributed by atoms with Crippen molar-refractivity contribution in [2.24, 2.45) is 7.05 Å². The minimum absolute atomic E-state index is 0.306. The van der Waals surface area contributed by atoms with Crippen LogP contribution in [0, 0.1) is 0 Å². The number of hydrogen-bond donors (Lipinski definition) is 3. The maximum Gasteiger partial charge on any atom is 0.326 e. The van der Waals surface area contributed by atoms with E-state index in [1.54, 1.807) is 24.0 Å². The monoisotopic (exact) mass is 254 g/mol. The van der Waals surface area contributed by atoms with Gasteiger partial charge in [0.05, 0.1) is 12.2 Å². The van der Waals surface area contributed by atoms with Gasteiger partial charge in [0.2, 0.25) is 0 Å². The van der Waals surface area contributed by atoms with Gasteiger partial charge in [-0.2, -0.15) is 5.10 Å². The number of urea groups is 1. The molecule has 3 N–H and O–H groups in total. The van der Waals surface area contributed by atoms with E-state index in [9.17, 15) is 9.59 Å². The molecule has 1 heterocycles. The van der Waals surface area contributed by atoms with Crippen molar-refractivity contribution in [2.45, 2.75) is 32.4 Å². The van der Waals surface area contributed by atoms with Gasteiger partial charge >= 0.3 is 12.0 Å². The van der Waals surface area contributed by atoms with Crippen molar-refractivity contribution in [1.82, 2.24) is 20.4 Å². The van der Waals surface area contributed by atoms with Crippen molar-refractivity contribution in [3.63, 3.8) is 0 Å². The normalized spacial score (nSPS) is 11.9. The van der Waals surface area contributed by atoms with Crippen molar-refractivity contribution in [1.29, 1.82) is 0 Å². The second kappa shape index (κ2) is 6.63. The maximum atomic E-state index is 11.5. The van der Waals surface area contributed by atoms with Gasteiger partial charge in [-0.05, 0) is 12.5 Å². The van der Waals surface area contributed by atoms with Gasteiger partial charge in [0.25, 0.3) is 0 Å². The highest BCUT2D eigenvalue weighted by molar-refractivity contribution is 5.82. The molecule has 0 radical (unpaired) electrons. The molecule has 1 aromatic rings. The highest BCUT2D eigenvalue weighted by atomic mass is 16.4.